The lowest BCUT2D eigenvalue weighted by atomic mass is 10.1. The van der Waals surface area contributed by atoms with Crippen molar-refractivity contribution in [1.29, 1.82) is 0 Å². The summed E-state index contributed by atoms with van der Waals surface area (Å²) < 4.78 is 0. The predicted molar refractivity (Wildman–Crippen MR) is 80.8 cm³/mol. The van der Waals surface area contributed by atoms with Gasteiger partial charge in [0.15, 0.2) is 0 Å². The lowest BCUT2D eigenvalue weighted by Crippen LogP contribution is -2.18. The van der Waals surface area contributed by atoms with Crippen LogP contribution in [0.4, 0.5) is 0 Å². The lowest BCUT2D eigenvalue weighted by molar-refractivity contribution is -0.315. The van der Waals surface area contributed by atoms with Gasteiger partial charge in [-0.25, -0.2) is 9.78 Å². The van der Waals surface area contributed by atoms with E-state index in [1.54, 1.807) is 0 Å². The maximum atomic E-state index is 5.70. The van der Waals surface area contributed by atoms with Crippen molar-refractivity contribution in [3.8, 4) is 0 Å². The average Bonchev–Trinajstić information content (AvgIpc) is 2.29. The van der Waals surface area contributed by atoms with Crippen LogP contribution >= 0.6 is 23.5 Å². The van der Waals surface area contributed by atoms with E-state index in [1.165, 1.54) is 62.9 Å². The van der Waals surface area contributed by atoms with Crippen molar-refractivity contribution in [3.05, 3.63) is 0 Å². The van der Waals surface area contributed by atoms with Crippen molar-refractivity contribution in [2.75, 3.05) is 11.5 Å². The number of rotatable bonds is 3. The highest BCUT2D eigenvalue weighted by atomic mass is 32.2. The van der Waals surface area contributed by atoms with E-state index in [0.717, 1.165) is 12.8 Å². The van der Waals surface area contributed by atoms with Crippen LogP contribution in [0.5, 0.6) is 0 Å². The summed E-state index contributed by atoms with van der Waals surface area (Å²) in [7, 11) is 0. The minimum atomic E-state index is 0.274. The molecule has 0 amide bonds. The molecule has 106 valence electrons. The Morgan fingerprint density at radius 3 is 1.50 bits per heavy atom. The Bertz CT molecular complexity index is 176. The average molecular weight is 290 g/mol. The van der Waals surface area contributed by atoms with Crippen molar-refractivity contribution >= 4 is 23.5 Å². The van der Waals surface area contributed by atoms with Crippen LogP contribution in [0.25, 0.3) is 0 Å². The molecule has 0 aromatic carbocycles. The van der Waals surface area contributed by atoms with Gasteiger partial charge in [-0.2, -0.15) is 0 Å². The topological polar surface area (TPSA) is 18.5 Å². The van der Waals surface area contributed by atoms with Crippen LogP contribution in [0.1, 0.15) is 64.2 Å². The van der Waals surface area contributed by atoms with Crippen molar-refractivity contribution < 1.29 is 9.78 Å². The molecule has 0 N–H and O–H groups in total. The van der Waals surface area contributed by atoms with E-state index < -0.39 is 0 Å². The monoisotopic (exact) mass is 290 g/mol. The zero-order chi connectivity index (χ0) is 12.5. The van der Waals surface area contributed by atoms with Crippen LogP contribution in [0.2, 0.25) is 0 Å². The SMILES string of the molecule is C1CCCC(OOC2CCCCCCS2)SCC1. The predicted octanol–water partition coefficient (Wildman–Crippen LogP) is 4.98. The van der Waals surface area contributed by atoms with Gasteiger partial charge in [0.1, 0.15) is 10.9 Å². The summed E-state index contributed by atoms with van der Waals surface area (Å²) in [5.74, 6) is 2.46. The van der Waals surface area contributed by atoms with E-state index in [2.05, 4.69) is 0 Å². The van der Waals surface area contributed by atoms with Gasteiger partial charge >= 0.3 is 0 Å². The van der Waals surface area contributed by atoms with Crippen LogP contribution in [-0.2, 0) is 9.78 Å². The molecule has 2 nitrogen and oxygen atoms in total. The van der Waals surface area contributed by atoms with E-state index in [4.69, 9.17) is 9.78 Å². The third-order valence-electron chi connectivity index (χ3n) is 3.55. The molecule has 0 bridgehead atoms. The van der Waals surface area contributed by atoms with Crippen molar-refractivity contribution in [3.63, 3.8) is 0 Å². The smallest absolute Gasteiger partial charge is 0.138 e. The molecule has 0 aromatic heterocycles. The summed E-state index contributed by atoms with van der Waals surface area (Å²) in [5, 5.41) is 0. The number of hydrogen-bond acceptors (Lipinski definition) is 4. The first-order chi connectivity index (χ1) is 8.95. The molecule has 18 heavy (non-hydrogen) atoms. The Labute approximate surface area is 120 Å². The van der Waals surface area contributed by atoms with Gasteiger partial charge in [0.05, 0.1) is 0 Å². The molecule has 0 saturated carbocycles. The molecule has 2 fully saturated rings. The molecular weight excluding hydrogens is 264 g/mol. The molecular formula is C14H26O2S2. The Morgan fingerprint density at radius 1 is 0.556 bits per heavy atom. The molecule has 2 saturated heterocycles. The third kappa shape index (κ3) is 6.18. The van der Waals surface area contributed by atoms with Gasteiger partial charge in [0.25, 0.3) is 0 Å². The molecule has 2 rings (SSSR count). The number of hydrogen-bond donors (Lipinski definition) is 0. The minimum absolute atomic E-state index is 0.274. The van der Waals surface area contributed by atoms with Gasteiger partial charge in [-0.05, 0) is 50.0 Å². The Morgan fingerprint density at radius 2 is 1.00 bits per heavy atom. The first-order valence-electron chi connectivity index (χ1n) is 7.50. The lowest BCUT2D eigenvalue weighted by Gasteiger charge is -2.23. The normalized spacial score (nSPS) is 32.0. The molecule has 0 spiro atoms. The van der Waals surface area contributed by atoms with Crippen LogP contribution in [0, 0.1) is 0 Å². The second-order valence-corrected chi connectivity index (χ2v) is 7.73. The van der Waals surface area contributed by atoms with Crippen LogP contribution in [0.3, 0.4) is 0 Å². The zero-order valence-electron chi connectivity index (χ0n) is 11.3. The second kappa shape index (κ2) is 9.51. The Kier molecular flexibility index (Phi) is 7.94. The quantitative estimate of drug-likeness (QED) is 0.538. The molecule has 2 heterocycles. The van der Waals surface area contributed by atoms with Crippen molar-refractivity contribution in [1.82, 2.24) is 0 Å². The summed E-state index contributed by atoms with van der Waals surface area (Å²) in [6.45, 7) is 0. The second-order valence-electron chi connectivity index (χ2n) is 5.20. The van der Waals surface area contributed by atoms with E-state index in [1.807, 2.05) is 23.5 Å². The van der Waals surface area contributed by atoms with Gasteiger partial charge in [-0.1, -0.05) is 25.7 Å². The van der Waals surface area contributed by atoms with Crippen molar-refractivity contribution in [2.45, 2.75) is 75.1 Å². The first kappa shape index (κ1) is 15.0. The van der Waals surface area contributed by atoms with Gasteiger partial charge in [-0.15, -0.1) is 23.5 Å². The van der Waals surface area contributed by atoms with Crippen molar-refractivity contribution in [2.24, 2.45) is 0 Å². The molecule has 4 heteroatoms. The summed E-state index contributed by atoms with van der Waals surface area (Å²) in [6.07, 6.45) is 13.1. The fourth-order valence-corrected chi connectivity index (χ4v) is 4.54. The highest BCUT2D eigenvalue weighted by molar-refractivity contribution is 8.00. The summed E-state index contributed by atoms with van der Waals surface area (Å²) in [5.41, 5.74) is 0.549. The highest BCUT2D eigenvalue weighted by Gasteiger charge is 2.18. The molecule has 2 unspecified atom stereocenters. The molecule has 2 aliphatic rings. The molecule has 2 atom stereocenters. The molecule has 0 aromatic rings. The maximum absolute atomic E-state index is 5.70. The Hall–Kier alpha value is 0.620. The fourth-order valence-electron chi connectivity index (χ4n) is 2.41. The first-order valence-corrected chi connectivity index (χ1v) is 9.60. The molecule has 0 aliphatic carbocycles. The van der Waals surface area contributed by atoms with E-state index >= 15 is 0 Å². The summed E-state index contributed by atoms with van der Waals surface area (Å²) >= 11 is 3.88. The fraction of sp³-hybridized carbons (Fsp3) is 1.00. The van der Waals surface area contributed by atoms with E-state index in [0.29, 0.717) is 0 Å². The van der Waals surface area contributed by atoms with Crippen LogP contribution in [-0.4, -0.2) is 22.4 Å². The van der Waals surface area contributed by atoms with Gasteiger partial charge in [-0.3, -0.25) is 0 Å². The minimum Gasteiger partial charge on any atom is -0.221 e. The summed E-state index contributed by atoms with van der Waals surface area (Å²) in [6, 6.07) is 0. The third-order valence-corrected chi connectivity index (χ3v) is 5.97. The van der Waals surface area contributed by atoms with E-state index in [-0.39, 0.29) is 10.9 Å². The van der Waals surface area contributed by atoms with Gasteiger partial charge in [0, 0.05) is 0 Å². The van der Waals surface area contributed by atoms with Gasteiger partial charge in [0.2, 0.25) is 0 Å². The Balaban J connectivity index is 1.64. The van der Waals surface area contributed by atoms with Crippen LogP contribution < -0.4 is 0 Å². The number of thioether (sulfide) groups is 2. The largest absolute Gasteiger partial charge is 0.221 e. The molecule has 2 aliphatic heterocycles. The van der Waals surface area contributed by atoms with Gasteiger partial charge < -0.3 is 0 Å². The standard InChI is InChI=1S/C14H26O2S2/c1-3-7-11-17-13(9-5-1)15-16-14-10-6-2-4-8-12-18-14/h13-14H,1-12H2. The van der Waals surface area contributed by atoms with E-state index in [9.17, 15) is 0 Å². The molecule has 0 radical (unpaired) electrons. The maximum Gasteiger partial charge on any atom is 0.138 e. The highest BCUT2D eigenvalue weighted by Crippen LogP contribution is 2.29. The summed E-state index contributed by atoms with van der Waals surface area (Å²) in [4.78, 5) is 11.4. The zero-order valence-corrected chi connectivity index (χ0v) is 12.9. The van der Waals surface area contributed by atoms with Crippen LogP contribution in [0.15, 0.2) is 0 Å².